The normalized spacial score (nSPS) is 14.4. The fourth-order valence-corrected chi connectivity index (χ4v) is 4.41. The van der Waals surface area contributed by atoms with Gasteiger partial charge in [-0.15, -0.1) is 0 Å². The topological polar surface area (TPSA) is 46.2 Å². The van der Waals surface area contributed by atoms with Crippen molar-refractivity contribution >= 4 is 9.84 Å². The summed E-state index contributed by atoms with van der Waals surface area (Å²) in [6, 6.07) is 8.10. The van der Waals surface area contributed by atoms with Crippen LogP contribution in [0.1, 0.15) is 51.8 Å². The Balaban J connectivity index is 2.91. The molecule has 1 aromatic rings. The van der Waals surface area contributed by atoms with Crippen molar-refractivity contribution in [3.8, 4) is 0 Å². The van der Waals surface area contributed by atoms with Crippen LogP contribution in [0.15, 0.2) is 24.3 Å². The lowest BCUT2D eigenvalue weighted by atomic mass is 9.86. The molecule has 0 saturated heterocycles. The second kappa shape index (κ2) is 6.93. The fourth-order valence-electron chi connectivity index (χ4n) is 2.39. The first kappa shape index (κ1) is 18.2. The van der Waals surface area contributed by atoms with Crippen molar-refractivity contribution in [3.05, 3.63) is 35.4 Å². The second-order valence-electron chi connectivity index (χ2n) is 7.18. The highest BCUT2D eigenvalue weighted by atomic mass is 32.2. The lowest BCUT2D eigenvalue weighted by molar-refractivity contribution is 0.562. The summed E-state index contributed by atoms with van der Waals surface area (Å²) in [5, 5.41) is 3.13. The van der Waals surface area contributed by atoms with Crippen molar-refractivity contribution < 1.29 is 8.42 Å². The van der Waals surface area contributed by atoms with Gasteiger partial charge >= 0.3 is 0 Å². The van der Waals surface area contributed by atoms with Gasteiger partial charge in [-0.25, -0.2) is 8.42 Å². The van der Waals surface area contributed by atoms with Gasteiger partial charge in [0.2, 0.25) is 0 Å². The minimum atomic E-state index is -3.04. The van der Waals surface area contributed by atoms with Gasteiger partial charge in [-0.1, -0.05) is 58.9 Å². The molecule has 0 radical (unpaired) electrons. The monoisotopic (exact) mass is 311 g/mol. The van der Waals surface area contributed by atoms with Gasteiger partial charge in [0.1, 0.15) is 0 Å². The highest BCUT2D eigenvalue weighted by Gasteiger charge is 2.21. The number of rotatable bonds is 6. The Bertz CT molecular complexity index is 539. The van der Waals surface area contributed by atoms with E-state index in [2.05, 4.69) is 38.2 Å². The Morgan fingerprint density at radius 3 is 1.95 bits per heavy atom. The highest BCUT2D eigenvalue weighted by Crippen LogP contribution is 2.24. The first-order valence-electron chi connectivity index (χ1n) is 7.53. The zero-order valence-electron chi connectivity index (χ0n) is 14.1. The van der Waals surface area contributed by atoms with Crippen molar-refractivity contribution in [2.75, 3.05) is 18.6 Å². The third-order valence-electron chi connectivity index (χ3n) is 3.54. The van der Waals surface area contributed by atoms with E-state index >= 15 is 0 Å². The molecule has 4 heteroatoms. The minimum Gasteiger partial charge on any atom is -0.312 e. The van der Waals surface area contributed by atoms with Crippen molar-refractivity contribution in [2.24, 2.45) is 5.92 Å². The van der Waals surface area contributed by atoms with Crippen LogP contribution in [-0.2, 0) is 15.3 Å². The van der Waals surface area contributed by atoms with Crippen molar-refractivity contribution in [2.45, 2.75) is 46.1 Å². The molecule has 0 saturated carbocycles. The molecule has 1 atom stereocenters. The fraction of sp³-hybridized carbons (Fsp3) is 0.647. The molecule has 1 N–H and O–H groups in total. The molecule has 0 heterocycles. The second-order valence-corrected chi connectivity index (χ2v) is 9.34. The molecule has 0 aromatic heterocycles. The van der Waals surface area contributed by atoms with Gasteiger partial charge in [-0.05, 0) is 29.5 Å². The third kappa shape index (κ3) is 5.79. The van der Waals surface area contributed by atoms with E-state index in [1.807, 2.05) is 33.0 Å². The average molecular weight is 311 g/mol. The quantitative estimate of drug-likeness (QED) is 0.876. The summed E-state index contributed by atoms with van der Waals surface area (Å²) in [6.45, 7) is 10.4. The molecule has 0 bridgehead atoms. The number of hydrogen-bond donors (Lipinski definition) is 1. The maximum Gasteiger partial charge on any atom is 0.152 e. The summed E-state index contributed by atoms with van der Waals surface area (Å²) in [7, 11) is -1.23. The number of nitrogens with one attached hydrogen (secondary N) is 1. The van der Waals surface area contributed by atoms with Crippen LogP contribution in [0.25, 0.3) is 0 Å². The van der Waals surface area contributed by atoms with E-state index in [1.165, 1.54) is 5.56 Å². The Kier molecular flexibility index (Phi) is 6.00. The van der Waals surface area contributed by atoms with Crippen LogP contribution in [0.2, 0.25) is 0 Å². The Morgan fingerprint density at radius 1 is 1.05 bits per heavy atom. The zero-order valence-corrected chi connectivity index (χ0v) is 14.9. The molecule has 0 aliphatic rings. The van der Waals surface area contributed by atoms with Gasteiger partial charge < -0.3 is 5.32 Å². The number of benzene rings is 1. The molecule has 21 heavy (non-hydrogen) atoms. The number of sulfone groups is 1. The zero-order chi connectivity index (χ0) is 16.3. The molecule has 1 aromatic carbocycles. The van der Waals surface area contributed by atoms with Gasteiger partial charge in [0.05, 0.1) is 11.5 Å². The van der Waals surface area contributed by atoms with E-state index in [1.54, 1.807) is 0 Å². The van der Waals surface area contributed by atoms with E-state index in [9.17, 15) is 8.42 Å². The molecule has 120 valence electrons. The predicted octanol–water partition coefficient (Wildman–Crippen LogP) is 3.32. The molecule has 0 aliphatic carbocycles. The van der Waals surface area contributed by atoms with Crippen LogP contribution in [0.4, 0.5) is 0 Å². The maximum absolute atomic E-state index is 12.2. The van der Waals surface area contributed by atoms with Crippen LogP contribution < -0.4 is 5.32 Å². The largest absolute Gasteiger partial charge is 0.312 e. The molecule has 0 amide bonds. The Morgan fingerprint density at radius 2 is 1.57 bits per heavy atom. The van der Waals surface area contributed by atoms with E-state index in [4.69, 9.17) is 0 Å². The van der Waals surface area contributed by atoms with Crippen LogP contribution in [0.3, 0.4) is 0 Å². The first-order chi connectivity index (χ1) is 9.55. The molecule has 3 nitrogen and oxygen atoms in total. The lowest BCUT2D eigenvalue weighted by Gasteiger charge is -2.22. The SMILES string of the molecule is CNC(CS(=O)(=O)CC(C)C)c1ccc(C(C)(C)C)cc1. The van der Waals surface area contributed by atoms with E-state index in [0.29, 0.717) is 0 Å². The summed E-state index contributed by atoms with van der Waals surface area (Å²) in [5.41, 5.74) is 2.39. The molecule has 1 rings (SSSR count). The average Bonchev–Trinajstić information content (AvgIpc) is 2.33. The van der Waals surface area contributed by atoms with Crippen LogP contribution in [0, 0.1) is 5.92 Å². The summed E-state index contributed by atoms with van der Waals surface area (Å²) in [4.78, 5) is 0. The molecular weight excluding hydrogens is 282 g/mol. The standard InChI is InChI=1S/C17H29NO2S/c1-13(2)11-21(19,20)12-16(18-6)14-7-9-15(10-8-14)17(3,4)5/h7-10,13,16,18H,11-12H2,1-6H3. The number of hydrogen-bond acceptors (Lipinski definition) is 3. The first-order valence-corrected chi connectivity index (χ1v) is 9.35. The van der Waals surface area contributed by atoms with Gasteiger partial charge in [0.25, 0.3) is 0 Å². The molecule has 0 fully saturated rings. The van der Waals surface area contributed by atoms with Crippen LogP contribution in [-0.4, -0.2) is 27.0 Å². The molecule has 1 unspecified atom stereocenters. The maximum atomic E-state index is 12.2. The third-order valence-corrected chi connectivity index (χ3v) is 5.55. The van der Waals surface area contributed by atoms with E-state index < -0.39 is 9.84 Å². The van der Waals surface area contributed by atoms with Crippen molar-refractivity contribution in [1.29, 1.82) is 0 Å². The van der Waals surface area contributed by atoms with Gasteiger partial charge in [0.15, 0.2) is 9.84 Å². The van der Waals surface area contributed by atoms with Gasteiger partial charge in [-0.3, -0.25) is 0 Å². The van der Waals surface area contributed by atoms with Crippen LogP contribution in [0.5, 0.6) is 0 Å². The molecule has 0 spiro atoms. The minimum absolute atomic E-state index is 0.109. The van der Waals surface area contributed by atoms with Gasteiger partial charge in [-0.2, -0.15) is 0 Å². The van der Waals surface area contributed by atoms with E-state index in [-0.39, 0.29) is 28.9 Å². The summed E-state index contributed by atoms with van der Waals surface area (Å²) < 4.78 is 24.3. The Hall–Kier alpha value is -0.870. The summed E-state index contributed by atoms with van der Waals surface area (Å²) >= 11 is 0. The smallest absolute Gasteiger partial charge is 0.152 e. The van der Waals surface area contributed by atoms with E-state index in [0.717, 1.165) is 5.56 Å². The summed E-state index contributed by atoms with van der Waals surface area (Å²) in [5.74, 6) is 0.553. The molecule has 0 aliphatic heterocycles. The predicted molar refractivity (Wildman–Crippen MR) is 90.4 cm³/mol. The van der Waals surface area contributed by atoms with Crippen LogP contribution >= 0.6 is 0 Å². The lowest BCUT2D eigenvalue weighted by Crippen LogP contribution is -2.28. The van der Waals surface area contributed by atoms with Crippen molar-refractivity contribution in [1.82, 2.24) is 5.32 Å². The van der Waals surface area contributed by atoms with Gasteiger partial charge in [0, 0.05) is 6.04 Å². The highest BCUT2D eigenvalue weighted by molar-refractivity contribution is 7.91. The molecular formula is C17H29NO2S. The summed E-state index contributed by atoms with van der Waals surface area (Å²) in [6.07, 6.45) is 0. The Labute approximate surface area is 130 Å². The van der Waals surface area contributed by atoms with Crippen molar-refractivity contribution in [3.63, 3.8) is 0 Å².